The fraction of sp³-hybridized carbons (Fsp3) is 0.688. The molecular formula is C16H28N2O2. The Bertz CT molecular complexity index is 400. The number of aryl methyl sites for hydroxylation is 1. The van der Waals surface area contributed by atoms with Crippen LogP contribution in [0.2, 0.25) is 0 Å². The molecule has 4 nitrogen and oxygen atoms in total. The smallest absolute Gasteiger partial charge is 0.213 e. The zero-order valence-electron chi connectivity index (χ0n) is 13.5. The third-order valence-corrected chi connectivity index (χ3v) is 2.84. The summed E-state index contributed by atoms with van der Waals surface area (Å²) in [5.41, 5.74) is 2.39. The van der Waals surface area contributed by atoms with Gasteiger partial charge in [0.1, 0.15) is 0 Å². The van der Waals surface area contributed by atoms with Gasteiger partial charge in [-0.05, 0) is 38.8 Å². The molecule has 1 rings (SSSR count). The van der Waals surface area contributed by atoms with Gasteiger partial charge in [0.25, 0.3) is 0 Å². The number of hydrogen-bond acceptors (Lipinski definition) is 4. The summed E-state index contributed by atoms with van der Waals surface area (Å²) in [6.07, 6.45) is 1.79. The van der Waals surface area contributed by atoms with E-state index in [2.05, 4.69) is 44.1 Å². The van der Waals surface area contributed by atoms with Gasteiger partial charge in [-0.3, -0.25) is 0 Å². The summed E-state index contributed by atoms with van der Waals surface area (Å²) in [7, 11) is 1.70. The Morgan fingerprint density at radius 3 is 2.55 bits per heavy atom. The van der Waals surface area contributed by atoms with Gasteiger partial charge < -0.3 is 14.8 Å². The predicted molar refractivity (Wildman–Crippen MR) is 82.2 cm³/mol. The lowest BCUT2D eigenvalue weighted by Gasteiger charge is -2.21. The fourth-order valence-electron chi connectivity index (χ4n) is 1.72. The van der Waals surface area contributed by atoms with E-state index in [0.717, 1.165) is 25.1 Å². The molecule has 0 spiro atoms. The normalized spacial score (nSPS) is 11.7. The van der Waals surface area contributed by atoms with Crippen LogP contribution >= 0.6 is 0 Å². The molecule has 4 heteroatoms. The van der Waals surface area contributed by atoms with Gasteiger partial charge in [-0.15, -0.1) is 0 Å². The number of nitrogens with one attached hydrogen (secondary N) is 1. The minimum atomic E-state index is 0.106. The quantitative estimate of drug-likeness (QED) is 0.744. The maximum Gasteiger partial charge on any atom is 0.213 e. The first-order valence-electron chi connectivity index (χ1n) is 7.31. The van der Waals surface area contributed by atoms with Gasteiger partial charge in [-0.2, -0.15) is 0 Å². The van der Waals surface area contributed by atoms with E-state index in [0.29, 0.717) is 19.1 Å². The summed E-state index contributed by atoms with van der Waals surface area (Å²) in [6.45, 7) is 10.8. The lowest BCUT2D eigenvalue weighted by molar-refractivity contribution is 0.170. The second-order valence-electron chi connectivity index (χ2n) is 5.96. The zero-order chi connectivity index (χ0) is 15.0. The van der Waals surface area contributed by atoms with E-state index >= 15 is 0 Å². The SMILES string of the molecule is CCc1cc(CNC(C)(C)C)cc(OCCCOC)n1. The second kappa shape index (κ2) is 8.22. The molecule has 1 aromatic rings. The van der Waals surface area contributed by atoms with E-state index in [1.54, 1.807) is 7.11 Å². The van der Waals surface area contributed by atoms with Crippen LogP contribution in [0.5, 0.6) is 5.88 Å². The average Bonchev–Trinajstić information content (AvgIpc) is 2.40. The Morgan fingerprint density at radius 1 is 1.20 bits per heavy atom. The van der Waals surface area contributed by atoms with Gasteiger partial charge in [0.2, 0.25) is 5.88 Å². The first-order chi connectivity index (χ1) is 9.44. The number of pyridine rings is 1. The van der Waals surface area contributed by atoms with Crippen molar-refractivity contribution >= 4 is 0 Å². The number of aromatic nitrogens is 1. The Kier molecular flexibility index (Phi) is 6.96. The highest BCUT2D eigenvalue weighted by Gasteiger charge is 2.10. The second-order valence-corrected chi connectivity index (χ2v) is 5.96. The van der Waals surface area contributed by atoms with Gasteiger partial charge in [0.05, 0.1) is 6.61 Å². The van der Waals surface area contributed by atoms with Crippen LogP contribution in [0, 0.1) is 0 Å². The van der Waals surface area contributed by atoms with Crippen LogP contribution in [0.1, 0.15) is 45.4 Å². The van der Waals surface area contributed by atoms with Crippen molar-refractivity contribution in [2.24, 2.45) is 0 Å². The maximum atomic E-state index is 5.70. The summed E-state index contributed by atoms with van der Waals surface area (Å²) in [5.74, 6) is 0.714. The summed E-state index contributed by atoms with van der Waals surface area (Å²) in [6, 6.07) is 4.16. The monoisotopic (exact) mass is 280 g/mol. The highest BCUT2D eigenvalue weighted by molar-refractivity contribution is 5.25. The van der Waals surface area contributed by atoms with Crippen molar-refractivity contribution in [3.63, 3.8) is 0 Å². The summed E-state index contributed by atoms with van der Waals surface area (Å²) in [5, 5.41) is 3.49. The van der Waals surface area contributed by atoms with E-state index in [9.17, 15) is 0 Å². The molecule has 0 bridgehead atoms. The molecule has 0 aromatic carbocycles. The van der Waals surface area contributed by atoms with Crippen molar-refractivity contribution in [3.05, 3.63) is 23.4 Å². The number of rotatable bonds is 8. The van der Waals surface area contributed by atoms with Crippen molar-refractivity contribution in [3.8, 4) is 5.88 Å². The number of methoxy groups -OCH3 is 1. The molecular weight excluding hydrogens is 252 g/mol. The largest absolute Gasteiger partial charge is 0.478 e. The third kappa shape index (κ3) is 6.87. The lowest BCUT2D eigenvalue weighted by Crippen LogP contribution is -2.35. The van der Waals surface area contributed by atoms with E-state index in [1.165, 1.54) is 5.56 Å². The Balaban J connectivity index is 2.65. The molecule has 1 aromatic heterocycles. The predicted octanol–water partition coefficient (Wildman–Crippen LogP) is 2.95. The van der Waals surface area contributed by atoms with Gasteiger partial charge >= 0.3 is 0 Å². The van der Waals surface area contributed by atoms with E-state index in [1.807, 2.05) is 6.07 Å². The molecule has 114 valence electrons. The zero-order valence-corrected chi connectivity index (χ0v) is 13.5. The van der Waals surface area contributed by atoms with Crippen LogP contribution in [-0.4, -0.2) is 30.8 Å². The van der Waals surface area contributed by atoms with Crippen molar-refractivity contribution in [2.75, 3.05) is 20.3 Å². The minimum absolute atomic E-state index is 0.106. The van der Waals surface area contributed by atoms with E-state index in [-0.39, 0.29) is 5.54 Å². The number of nitrogens with zero attached hydrogens (tertiary/aromatic N) is 1. The van der Waals surface area contributed by atoms with Crippen molar-refractivity contribution < 1.29 is 9.47 Å². The maximum absolute atomic E-state index is 5.70. The first-order valence-corrected chi connectivity index (χ1v) is 7.31. The molecule has 0 saturated heterocycles. The minimum Gasteiger partial charge on any atom is -0.478 e. The molecule has 0 aliphatic heterocycles. The van der Waals surface area contributed by atoms with Crippen LogP contribution in [0.25, 0.3) is 0 Å². The van der Waals surface area contributed by atoms with Crippen LogP contribution in [0.3, 0.4) is 0 Å². The molecule has 1 N–H and O–H groups in total. The van der Waals surface area contributed by atoms with Gasteiger partial charge in [0, 0.05) is 44.0 Å². The third-order valence-electron chi connectivity index (χ3n) is 2.84. The van der Waals surface area contributed by atoms with Crippen LogP contribution < -0.4 is 10.1 Å². The molecule has 0 aliphatic rings. The molecule has 20 heavy (non-hydrogen) atoms. The van der Waals surface area contributed by atoms with Crippen molar-refractivity contribution in [1.82, 2.24) is 10.3 Å². The lowest BCUT2D eigenvalue weighted by atomic mass is 10.1. The summed E-state index contributed by atoms with van der Waals surface area (Å²) >= 11 is 0. The van der Waals surface area contributed by atoms with Crippen molar-refractivity contribution in [2.45, 2.75) is 52.6 Å². The highest BCUT2D eigenvalue weighted by atomic mass is 16.5. The Morgan fingerprint density at radius 2 is 1.95 bits per heavy atom. The number of ether oxygens (including phenoxy) is 2. The highest BCUT2D eigenvalue weighted by Crippen LogP contribution is 2.15. The molecule has 0 radical (unpaired) electrons. The van der Waals surface area contributed by atoms with Gasteiger partial charge in [0.15, 0.2) is 0 Å². The topological polar surface area (TPSA) is 43.4 Å². The number of hydrogen-bond donors (Lipinski definition) is 1. The van der Waals surface area contributed by atoms with Crippen LogP contribution in [0.15, 0.2) is 12.1 Å². The van der Waals surface area contributed by atoms with Crippen LogP contribution in [0.4, 0.5) is 0 Å². The van der Waals surface area contributed by atoms with Crippen molar-refractivity contribution in [1.29, 1.82) is 0 Å². The molecule has 0 aliphatic carbocycles. The summed E-state index contributed by atoms with van der Waals surface area (Å²) in [4.78, 5) is 4.50. The van der Waals surface area contributed by atoms with E-state index in [4.69, 9.17) is 9.47 Å². The standard InChI is InChI=1S/C16H28N2O2/c1-6-14-10-13(12-17-16(2,3)4)11-15(18-14)20-9-7-8-19-5/h10-11,17H,6-9,12H2,1-5H3. The molecule has 0 unspecified atom stereocenters. The molecule has 0 atom stereocenters. The summed E-state index contributed by atoms with van der Waals surface area (Å²) < 4.78 is 10.7. The fourth-order valence-corrected chi connectivity index (χ4v) is 1.72. The molecule has 0 fully saturated rings. The average molecular weight is 280 g/mol. The first kappa shape index (κ1) is 16.9. The molecule has 0 saturated carbocycles. The van der Waals surface area contributed by atoms with Gasteiger partial charge in [-0.25, -0.2) is 4.98 Å². The molecule has 0 amide bonds. The van der Waals surface area contributed by atoms with E-state index < -0.39 is 0 Å². The van der Waals surface area contributed by atoms with Gasteiger partial charge in [-0.1, -0.05) is 6.92 Å². The van der Waals surface area contributed by atoms with Crippen LogP contribution in [-0.2, 0) is 17.7 Å². The molecule has 1 heterocycles. The Labute approximate surface area is 122 Å². The Hall–Kier alpha value is -1.13.